The van der Waals surface area contributed by atoms with Crippen LogP contribution in [0.5, 0.6) is 0 Å². The molecule has 5 nitrogen and oxygen atoms in total. The molecule has 5 heteroatoms. The minimum absolute atomic E-state index is 0.0373. The Morgan fingerprint density at radius 3 is 2.42 bits per heavy atom. The van der Waals surface area contributed by atoms with Gasteiger partial charge in [0.15, 0.2) is 0 Å². The van der Waals surface area contributed by atoms with Crippen molar-refractivity contribution in [1.82, 2.24) is 0 Å². The number of nitriles is 2. The van der Waals surface area contributed by atoms with E-state index < -0.39 is 10.8 Å². The van der Waals surface area contributed by atoms with E-state index in [-0.39, 0.29) is 11.6 Å². The predicted molar refractivity (Wildman–Crippen MR) is 88.7 cm³/mol. The molecule has 0 saturated carbocycles. The molecule has 0 aliphatic heterocycles. The number of fused-ring (bicyclic) bond motifs is 1. The van der Waals surface area contributed by atoms with E-state index in [0.717, 1.165) is 22.3 Å². The maximum Gasteiger partial charge on any atom is 0.269 e. The summed E-state index contributed by atoms with van der Waals surface area (Å²) in [4.78, 5) is 10.3. The van der Waals surface area contributed by atoms with Gasteiger partial charge in [-0.05, 0) is 35.2 Å². The SMILES string of the molecule is N#CC(C#N)C1/C(=C/c2ccc([N+](=O)[O-])cc2)Cc2ccccc21. The highest BCUT2D eigenvalue weighted by Crippen LogP contribution is 2.42. The fourth-order valence-corrected chi connectivity index (χ4v) is 3.15. The van der Waals surface area contributed by atoms with Gasteiger partial charge in [-0.2, -0.15) is 10.5 Å². The summed E-state index contributed by atoms with van der Waals surface area (Å²) >= 11 is 0. The molecule has 2 aromatic rings. The third-order valence-corrected chi connectivity index (χ3v) is 4.25. The van der Waals surface area contributed by atoms with Gasteiger partial charge in [0.1, 0.15) is 5.92 Å². The highest BCUT2D eigenvalue weighted by atomic mass is 16.6. The second-order valence-corrected chi connectivity index (χ2v) is 5.66. The number of nitrogens with zero attached hydrogens (tertiary/aromatic N) is 3. The molecule has 3 rings (SSSR count). The van der Waals surface area contributed by atoms with Crippen LogP contribution in [0.25, 0.3) is 6.08 Å². The molecule has 0 radical (unpaired) electrons. The van der Waals surface area contributed by atoms with E-state index in [9.17, 15) is 20.6 Å². The van der Waals surface area contributed by atoms with Gasteiger partial charge in [0.2, 0.25) is 0 Å². The summed E-state index contributed by atoms with van der Waals surface area (Å²) in [7, 11) is 0. The van der Waals surface area contributed by atoms with Crippen molar-refractivity contribution < 1.29 is 4.92 Å². The van der Waals surface area contributed by atoms with Crippen LogP contribution in [0, 0.1) is 38.7 Å². The summed E-state index contributed by atoms with van der Waals surface area (Å²) in [5.74, 6) is -1.01. The summed E-state index contributed by atoms with van der Waals surface area (Å²) in [5, 5.41) is 29.4. The molecule has 0 amide bonds. The van der Waals surface area contributed by atoms with Crippen LogP contribution in [0.1, 0.15) is 22.6 Å². The second kappa shape index (κ2) is 6.36. The zero-order chi connectivity index (χ0) is 17.1. The molecule has 0 heterocycles. The van der Waals surface area contributed by atoms with Gasteiger partial charge in [0.25, 0.3) is 5.69 Å². The molecule has 0 aromatic heterocycles. The minimum Gasteiger partial charge on any atom is -0.258 e. The molecule has 1 aliphatic carbocycles. The van der Waals surface area contributed by atoms with Crippen LogP contribution in [0.2, 0.25) is 0 Å². The molecule has 0 bridgehead atoms. The summed E-state index contributed by atoms with van der Waals surface area (Å²) in [6.45, 7) is 0. The van der Waals surface area contributed by atoms with Crippen LogP contribution < -0.4 is 0 Å². The van der Waals surface area contributed by atoms with Gasteiger partial charge in [-0.3, -0.25) is 10.1 Å². The molecule has 116 valence electrons. The maximum atomic E-state index is 10.7. The van der Waals surface area contributed by atoms with Gasteiger partial charge in [-0.1, -0.05) is 35.9 Å². The molecular weight excluding hydrogens is 302 g/mol. The molecule has 1 aliphatic rings. The van der Waals surface area contributed by atoms with E-state index in [1.54, 1.807) is 12.1 Å². The molecule has 0 fully saturated rings. The first-order chi connectivity index (χ1) is 11.6. The van der Waals surface area contributed by atoms with E-state index >= 15 is 0 Å². The smallest absolute Gasteiger partial charge is 0.258 e. The number of nitro groups is 1. The standard InChI is InChI=1S/C19H13N3O2/c20-11-16(12-21)19-15(10-14-3-1-2-4-18(14)19)9-13-5-7-17(8-6-13)22(23)24/h1-9,16,19H,10H2/b15-9+. The van der Waals surface area contributed by atoms with Gasteiger partial charge in [0.05, 0.1) is 17.1 Å². The van der Waals surface area contributed by atoms with Crippen molar-refractivity contribution in [3.63, 3.8) is 0 Å². The summed E-state index contributed by atoms with van der Waals surface area (Å²) in [6.07, 6.45) is 2.60. The quantitative estimate of drug-likeness (QED) is 0.632. The number of nitro benzene ring substituents is 1. The lowest BCUT2D eigenvalue weighted by Crippen LogP contribution is -2.08. The molecule has 2 aromatic carbocycles. The van der Waals surface area contributed by atoms with Gasteiger partial charge in [0, 0.05) is 18.1 Å². The topological polar surface area (TPSA) is 90.7 Å². The maximum absolute atomic E-state index is 10.7. The lowest BCUT2D eigenvalue weighted by molar-refractivity contribution is -0.384. The van der Waals surface area contributed by atoms with Crippen LogP contribution in [0.15, 0.2) is 54.1 Å². The molecule has 0 spiro atoms. The van der Waals surface area contributed by atoms with Crippen molar-refractivity contribution in [3.8, 4) is 12.1 Å². The Morgan fingerprint density at radius 2 is 1.79 bits per heavy atom. The summed E-state index contributed by atoms with van der Waals surface area (Å²) in [5.41, 5.74) is 3.97. The Bertz CT molecular complexity index is 887. The highest BCUT2D eigenvalue weighted by molar-refractivity contribution is 5.62. The number of hydrogen-bond acceptors (Lipinski definition) is 4. The van der Waals surface area contributed by atoms with E-state index in [4.69, 9.17) is 0 Å². The van der Waals surface area contributed by atoms with Crippen LogP contribution in [-0.2, 0) is 6.42 Å². The number of non-ortho nitro benzene ring substituents is 1. The third kappa shape index (κ3) is 2.76. The Balaban J connectivity index is 2.02. The van der Waals surface area contributed by atoms with Crippen LogP contribution in [0.3, 0.4) is 0 Å². The first-order valence-corrected chi connectivity index (χ1v) is 7.46. The normalized spacial score (nSPS) is 17.3. The zero-order valence-corrected chi connectivity index (χ0v) is 12.7. The lowest BCUT2D eigenvalue weighted by atomic mass is 9.85. The Morgan fingerprint density at radius 1 is 1.12 bits per heavy atom. The van der Waals surface area contributed by atoms with E-state index in [1.165, 1.54) is 12.1 Å². The fraction of sp³-hybridized carbons (Fsp3) is 0.158. The summed E-state index contributed by atoms with van der Waals surface area (Å²) < 4.78 is 0. The molecule has 1 unspecified atom stereocenters. The molecular formula is C19H13N3O2. The Kier molecular flexibility index (Phi) is 4.09. The monoisotopic (exact) mass is 315 g/mol. The van der Waals surface area contributed by atoms with Gasteiger partial charge in [-0.15, -0.1) is 0 Å². The van der Waals surface area contributed by atoms with Gasteiger partial charge >= 0.3 is 0 Å². The predicted octanol–water partition coefficient (Wildman–Crippen LogP) is 3.98. The van der Waals surface area contributed by atoms with Crippen molar-refractivity contribution in [2.45, 2.75) is 12.3 Å². The Labute approximate surface area is 139 Å². The van der Waals surface area contributed by atoms with Crippen molar-refractivity contribution in [2.24, 2.45) is 5.92 Å². The van der Waals surface area contributed by atoms with Crippen LogP contribution >= 0.6 is 0 Å². The van der Waals surface area contributed by atoms with E-state index in [0.29, 0.717) is 6.42 Å². The number of allylic oxidation sites excluding steroid dienone is 1. The summed E-state index contributed by atoms with van der Waals surface area (Å²) in [6, 6.07) is 18.2. The Hall–Kier alpha value is -3.44. The minimum atomic E-state index is -0.752. The molecule has 0 N–H and O–H groups in total. The molecule has 1 atom stereocenters. The average molecular weight is 315 g/mol. The fourth-order valence-electron chi connectivity index (χ4n) is 3.15. The zero-order valence-electron chi connectivity index (χ0n) is 12.7. The number of benzene rings is 2. The molecule has 0 saturated heterocycles. The largest absolute Gasteiger partial charge is 0.269 e. The van der Waals surface area contributed by atoms with E-state index in [1.807, 2.05) is 30.3 Å². The first-order valence-electron chi connectivity index (χ1n) is 7.46. The van der Waals surface area contributed by atoms with Gasteiger partial charge in [-0.25, -0.2) is 0 Å². The van der Waals surface area contributed by atoms with Crippen molar-refractivity contribution in [1.29, 1.82) is 10.5 Å². The molecule has 24 heavy (non-hydrogen) atoms. The van der Waals surface area contributed by atoms with Crippen molar-refractivity contribution in [2.75, 3.05) is 0 Å². The first kappa shape index (κ1) is 15.5. The average Bonchev–Trinajstić information content (AvgIpc) is 2.95. The van der Waals surface area contributed by atoms with Crippen LogP contribution in [-0.4, -0.2) is 4.92 Å². The van der Waals surface area contributed by atoms with E-state index in [2.05, 4.69) is 12.1 Å². The number of rotatable bonds is 3. The second-order valence-electron chi connectivity index (χ2n) is 5.66. The number of hydrogen-bond donors (Lipinski definition) is 0. The van der Waals surface area contributed by atoms with Gasteiger partial charge < -0.3 is 0 Å². The van der Waals surface area contributed by atoms with Crippen molar-refractivity contribution >= 4 is 11.8 Å². The lowest BCUT2D eigenvalue weighted by Gasteiger charge is -2.14. The third-order valence-electron chi connectivity index (χ3n) is 4.25. The van der Waals surface area contributed by atoms with Crippen molar-refractivity contribution in [3.05, 3.63) is 80.9 Å². The van der Waals surface area contributed by atoms with Crippen LogP contribution in [0.4, 0.5) is 5.69 Å². The highest BCUT2D eigenvalue weighted by Gasteiger charge is 2.33.